The van der Waals surface area contributed by atoms with E-state index >= 15 is 0 Å². The predicted octanol–water partition coefficient (Wildman–Crippen LogP) is 4.08. The van der Waals surface area contributed by atoms with Crippen LogP contribution in [0.2, 0.25) is 0 Å². The van der Waals surface area contributed by atoms with E-state index in [-0.39, 0.29) is 18.2 Å². The second-order valence-electron chi connectivity index (χ2n) is 7.47. The maximum absolute atomic E-state index is 12.8. The van der Waals surface area contributed by atoms with E-state index in [1.54, 1.807) is 10.7 Å². The van der Waals surface area contributed by atoms with Crippen molar-refractivity contribution >= 4 is 17.3 Å². The topological polar surface area (TPSA) is 59.7 Å². The van der Waals surface area contributed by atoms with Gasteiger partial charge in [-0.05, 0) is 36.8 Å². The van der Waals surface area contributed by atoms with Crippen molar-refractivity contribution in [2.75, 3.05) is 0 Å². The van der Waals surface area contributed by atoms with E-state index in [9.17, 15) is 4.79 Å². The summed E-state index contributed by atoms with van der Waals surface area (Å²) in [5, 5.41) is 4.29. The van der Waals surface area contributed by atoms with E-state index in [1.807, 2.05) is 53.7 Å². The molecule has 0 radical (unpaired) electrons. The summed E-state index contributed by atoms with van der Waals surface area (Å²) in [4.78, 5) is 19.2. The third kappa shape index (κ3) is 3.15. The van der Waals surface area contributed by atoms with Crippen molar-refractivity contribution in [2.24, 2.45) is 0 Å². The van der Waals surface area contributed by atoms with E-state index in [2.05, 4.69) is 16.2 Å². The molecule has 6 heteroatoms. The van der Waals surface area contributed by atoms with Gasteiger partial charge in [-0.3, -0.25) is 4.90 Å². The highest BCUT2D eigenvalue weighted by atomic mass is 16.6. The van der Waals surface area contributed by atoms with Crippen LogP contribution in [0.15, 0.2) is 61.1 Å². The van der Waals surface area contributed by atoms with Gasteiger partial charge in [-0.1, -0.05) is 36.4 Å². The molecule has 5 rings (SSSR count). The van der Waals surface area contributed by atoms with Gasteiger partial charge < -0.3 is 4.74 Å². The number of carbonyl (C=O) groups excluding carboxylic acids is 1. The number of rotatable bonds is 3. The van der Waals surface area contributed by atoms with Crippen molar-refractivity contribution in [2.45, 2.75) is 44.4 Å². The molecular formula is C22H22N4O2. The lowest BCUT2D eigenvalue weighted by molar-refractivity contribution is 0.0510. The Balaban J connectivity index is 1.36. The number of benzene rings is 1. The highest BCUT2D eigenvalue weighted by Crippen LogP contribution is 2.37. The molecule has 0 saturated carbocycles. The smallest absolute Gasteiger partial charge is 0.410 e. The molecule has 4 heterocycles. The van der Waals surface area contributed by atoms with Crippen molar-refractivity contribution in [3.05, 3.63) is 72.2 Å². The first kappa shape index (κ1) is 17.0. The highest BCUT2D eigenvalue weighted by molar-refractivity contribution is 5.74. The summed E-state index contributed by atoms with van der Waals surface area (Å²) in [6.45, 7) is 0.312. The van der Waals surface area contributed by atoms with Gasteiger partial charge in [-0.15, -0.1) is 0 Å². The maximum Gasteiger partial charge on any atom is 0.410 e. The van der Waals surface area contributed by atoms with Gasteiger partial charge in [-0.25, -0.2) is 14.3 Å². The molecule has 0 spiro atoms. The van der Waals surface area contributed by atoms with Gasteiger partial charge in [0.25, 0.3) is 0 Å². The summed E-state index contributed by atoms with van der Waals surface area (Å²) in [7, 11) is 0. The van der Waals surface area contributed by atoms with Crippen LogP contribution in [0.3, 0.4) is 0 Å². The number of aromatic nitrogens is 3. The lowest BCUT2D eigenvalue weighted by atomic mass is 9.83. The molecule has 2 unspecified atom stereocenters. The first-order valence-corrected chi connectivity index (χ1v) is 9.77. The molecule has 2 aliphatic rings. The van der Waals surface area contributed by atoms with E-state index in [0.717, 1.165) is 42.5 Å². The van der Waals surface area contributed by atoms with Crippen LogP contribution >= 0.6 is 0 Å². The van der Waals surface area contributed by atoms with Crippen LogP contribution in [0, 0.1) is 0 Å². The molecule has 1 amide bonds. The Kier molecular flexibility index (Phi) is 4.31. The molecule has 2 aromatic heterocycles. The number of hydrogen-bond acceptors (Lipinski definition) is 4. The maximum atomic E-state index is 12.8. The number of fused-ring (bicyclic) bond motifs is 3. The Bertz CT molecular complexity index is 1030. The Labute approximate surface area is 163 Å². The molecule has 1 saturated heterocycles. The van der Waals surface area contributed by atoms with E-state index < -0.39 is 0 Å². The SMILES string of the molecule is O=C(OCc1ccccc1)N1C2C=C(c3cnc4ccnn4c3)CC1CCC2. The summed E-state index contributed by atoms with van der Waals surface area (Å²) < 4.78 is 7.42. The highest BCUT2D eigenvalue weighted by Gasteiger charge is 2.38. The number of ether oxygens (including phenoxy) is 1. The lowest BCUT2D eigenvalue weighted by Gasteiger charge is -2.44. The molecule has 2 aliphatic heterocycles. The molecule has 142 valence electrons. The van der Waals surface area contributed by atoms with E-state index in [4.69, 9.17) is 4.74 Å². The Morgan fingerprint density at radius 2 is 2.07 bits per heavy atom. The van der Waals surface area contributed by atoms with Crippen molar-refractivity contribution < 1.29 is 9.53 Å². The average Bonchev–Trinajstić information content (AvgIpc) is 3.19. The van der Waals surface area contributed by atoms with Gasteiger partial charge in [-0.2, -0.15) is 5.10 Å². The summed E-state index contributed by atoms with van der Waals surface area (Å²) in [5.41, 5.74) is 4.16. The van der Waals surface area contributed by atoms with Gasteiger partial charge in [0.05, 0.1) is 12.2 Å². The fourth-order valence-corrected chi connectivity index (χ4v) is 4.30. The Morgan fingerprint density at radius 3 is 2.93 bits per heavy atom. The molecule has 1 aromatic carbocycles. The predicted molar refractivity (Wildman–Crippen MR) is 105 cm³/mol. The zero-order valence-electron chi connectivity index (χ0n) is 15.6. The number of piperidine rings is 1. The number of hydrogen-bond donors (Lipinski definition) is 0. The van der Waals surface area contributed by atoms with Gasteiger partial charge >= 0.3 is 6.09 Å². The van der Waals surface area contributed by atoms with Crippen LogP contribution in [-0.4, -0.2) is 37.7 Å². The molecule has 0 aliphatic carbocycles. The minimum Gasteiger partial charge on any atom is -0.445 e. The minimum absolute atomic E-state index is 0.0825. The third-order valence-corrected chi connectivity index (χ3v) is 5.67. The van der Waals surface area contributed by atoms with Crippen LogP contribution in [0.25, 0.3) is 11.2 Å². The van der Waals surface area contributed by atoms with Crippen LogP contribution in [-0.2, 0) is 11.3 Å². The van der Waals surface area contributed by atoms with Crippen molar-refractivity contribution in [1.82, 2.24) is 19.5 Å². The quantitative estimate of drug-likeness (QED) is 0.693. The van der Waals surface area contributed by atoms with Crippen molar-refractivity contribution in [1.29, 1.82) is 0 Å². The molecule has 28 heavy (non-hydrogen) atoms. The fourth-order valence-electron chi connectivity index (χ4n) is 4.30. The lowest BCUT2D eigenvalue weighted by Crippen LogP contribution is -2.51. The number of amides is 1. The second-order valence-corrected chi connectivity index (χ2v) is 7.47. The van der Waals surface area contributed by atoms with Crippen LogP contribution in [0.5, 0.6) is 0 Å². The summed E-state index contributed by atoms with van der Waals surface area (Å²) in [6, 6.07) is 12.0. The monoisotopic (exact) mass is 374 g/mol. The van der Waals surface area contributed by atoms with Crippen LogP contribution in [0.4, 0.5) is 4.79 Å². The second kappa shape index (κ2) is 7.11. The Morgan fingerprint density at radius 1 is 1.18 bits per heavy atom. The Hall–Kier alpha value is -3.15. The third-order valence-electron chi connectivity index (χ3n) is 5.67. The zero-order chi connectivity index (χ0) is 18.9. The summed E-state index contributed by atoms with van der Waals surface area (Å²) in [6.07, 6.45) is 11.6. The number of carbonyl (C=O) groups is 1. The van der Waals surface area contributed by atoms with Crippen LogP contribution in [0.1, 0.15) is 36.8 Å². The van der Waals surface area contributed by atoms with Gasteiger partial charge in [0.1, 0.15) is 6.61 Å². The van der Waals surface area contributed by atoms with E-state index in [1.165, 1.54) is 5.57 Å². The van der Waals surface area contributed by atoms with Gasteiger partial charge in [0.2, 0.25) is 0 Å². The fraction of sp³-hybridized carbons (Fsp3) is 0.318. The largest absolute Gasteiger partial charge is 0.445 e. The molecule has 6 nitrogen and oxygen atoms in total. The van der Waals surface area contributed by atoms with Crippen LogP contribution < -0.4 is 0 Å². The van der Waals surface area contributed by atoms with Gasteiger partial charge in [0.15, 0.2) is 5.65 Å². The minimum atomic E-state index is -0.213. The molecule has 2 atom stereocenters. The normalized spacial score (nSPS) is 21.4. The molecule has 0 N–H and O–H groups in total. The standard InChI is InChI=1S/C22H22N4O2/c27-22(28-15-16-5-2-1-3-6-16)26-19-7-4-8-20(26)12-17(11-19)18-13-23-21-9-10-24-25(21)14-18/h1-3,5-6,9-11,13-14,19-20H,4,7-8,12,15H2. The summed E-state index contributed by atoms with van der Waals surface area (Å²) in [5.74, 6) is 0. The average molecular weight is 374 g/mol. The first-order chi connectivity index (χ1) is 13.8. The first-order valence-electron chi connectivity index (χ1n) is 9.77. The van der Waals surface area contributed by atoms with E-state index in [0.29, 0.717) is 6.61 Å². The molecular weight excluding hydrogens is 352 g/mol. The van der Waals surface area contributed by atoms with Gasteiger partial charge in [0, 0.05) is 30.1 Å². The molecule has 2 bridgehead atoms. The zero-order valence-corrected chi connectivity index (χ0v) is 15.6. The summed E-state index contributed by atoms with van der Waals surface area (Å²) >= 11 is 0. The van der Waals surface area contributed by atoms with Crippen molar-refractivity contribution in [3.8, 4) is 0 Å². The molecule has 3 aromatic rings. The van der Waals surface area contributed by atoms with Crippen molar-refractivity contribution in [3.63, 3.8) is 0 Å². The molecule has 1 fully saturated rings. The number of nitrogens with zero attached hydrogens (tertiary/aromatic N) is 4.